The molecule has 0 atom stereocenters. The van der Waals surface area contributed by atoms with Crippen molar-refractivity contribution >= 4 is 86.8 Å². The molecule has 3 aromatic heterocycles. The fraction of sp³-hybridized carbons (Fsp3) is 0.0145. The van der Waals surface area contributed by atoms with E-state index >= 15 is 0 Å². The lowest BCUT2D eigenvalue weighted by Gasteiger charge is -2.14. The van der Waals surface area contributed by atoms with Crippen LogP contribution in [-0.4, -0.2) is 19.1 Å². The maximum Gasteiger partial charge on any atom is 0.235 e. The molecule has 0 radical (unpaired) electrons. The molecule has 4 heteroatoms. The molecule has 0 unspecified atom stereocenters. The zero-order valence-corrected chi connectivity index (χ0v) is 39.6. The first kappa shape index (κ1) is 40.1. The summed E-state index contributed by atoms with van der Waals surface area (Å²) >= 11 is 0. The summed E-state index contributed by atoms with van der Waals surface area (Å²) in [5, 5.41) is 13.3. The van der Waals surface area contributed by atoms with Crippen LogP contribution >= 0.6 is 0 Å². The van der Waals surface area contributed by atoms with Crippen LogP contribution in [0.15, 0.2) is 243 Å². The van der Waals surface area contributed by atoms with Gasteiger partial charge < -0.3 is 4.57 Å². The number of nitrogens with zero attached hydrogens (tertiary/aromatic N) is 4. The van der Waals surface area contributed by atoms with Crippen molar-refractivity contribution in [3.8, 4) is 56.3 Å². The number of rotatable bonds is 5. The van der Waals surface area contributed by atoms with Crippen molar-refractivity contribution in [1.29, 1.82) is 0 Å². The molecule has 0 aliphatic heterocycles. The minimum Gasteiger partial charge on any atom is -0.309 e. The summed E-state index contributed by atoms with van der Waals surface area (Å²) < 4.78 is 4.77. The van der Waals surface area contributed by atoms with E-state index in [1.54, 1.807) is 0 Å². The standard InChI is InChI=1S/C69H42N4/c1-3-17-43(18-4-1)67-56-27-13-14-29-60(56)70-69(71-67)73-63-41-47(32-35-57(63)66-54-25-11-9-23-52(54)53-24-10-12-26-55(53)68(66)73)51-28-15-19-48-38-46-31-30-44(39-58(46)64(48)51)45-34-36-61-59(40-45)65-50-22-8-7-16-42(50)33-37-62(65)72(61)49-20-5-2-6-21-49/h1-37,39-41H,38H2. The lowest BCUT2D eigenvalue weighted by molar-refractivity contribution is 1.02. The van der Waals surface area contributed by atoms with E-state index in [4.69, 9.17) is 9.97 Å². The van der Waals surface area contributed by atoms with E-state index in [2.05, 4.69) is 252 Å². The van der Waals surface area contributed by atoms with E-state index in [1.807, 2.05) is 0 Å². The molecule has 1 aliphatic rings. The van der Waals surface area contributed by atoms with E-state index < -0.39 is 0 Å². The fourth-order valence-electron chi connectivity index (χ4n) is 12.5. The lowest BCUT2D eigenvalue weighted by Crippen LogP contribution is -2.04. The third-order valence-electron chi connectivity index (χ3n) is 15.7. The van der Waals surface area contributed by atoms with Gasteiger partial charge in [0, 0.05) is 43.6 Å². The van der Waals surface area contributed by atoms with Crippen LogP contribution in [0.2, 0.25) is 0 Å². The second-order valence-electron chi connectivity index (χ2n) is 19.6. The van der Waals surface area contributed by atoms with Crippen molar-refractivity contribution in [2.75, 3.05) is 0 Å². The van der Waals surface area contributed by atoms with Crippen LogP contribution in [-0.2, 0) is 6.42 Å². The van der Waals surface area contributed by atoms with Crippen molar-refractivity contribution in [2.24, 2.45) is 0 Å². The monoisotopic (exact) mass is 926 g/mol. The number of aromatic nitrogens is 4. The minimum atomic E-state index is 0.653. The summed E-state index contributed by atoms with van der Waals surface area (Å²) in [6.45, 7) is 0. The Labute approximate surface area is 420 Å². The van der Waals surface area contributed by atoms with Crippen LogP contribution in [0.4, 0.5) is 0 Å². The van der Waals surface area contributed by atoms with E-state index in [1.165, 1.54) is 104 Å². The third kappa shape index (κ3) is 5.89. The summed E-state index contributed by atoms with van der Waals surface area (Å²) in [6.07, 6.45) is 0.891. The molecule has 15 aromatic rings. The van der Waals surface area contributed by atoms with Gasteiger partial charge in [0.2, 0.25) is 5.95 Å². The molecule has 0 N–H and O–H groups in total. The van der Waals surface area contributed by atoms with Crippen LogP contribution in [0.3, 0.4) is 0 Å². The van der Waals surface area contributed by atoms with Crippen LogP contribution < -0.4 is 0 Å². The van der Waals surface area contributed by atoms with Crippen LogP contribution in [0.25, 0.3) is 143 Å². The first-order valence-corrected chi connectivity index (χ1v) is 25.2. The zero-order chi connectivity index (χ0) is 47.7. The Morgan fingerprint density at radius 2 is 1.00 bits per heavy atom. The number of para-hydroxylation sites is 2. The summed E-state index contributed by atoms with van der Waals surface area (Å²) in [7, 11) is 0. The molecule has 0 saturated heterocycles. The number of fused-ring (bicyclic) bond motifs is 17. The van der Waals surface area contributed by atoms with Crippen molar-refractivity contribution in [1.82, 2.24) is 19.1 Å². The average Bonchev–Trinajstić information content (AvgIpc) is 4.13. The summed E-state index contributed by atoms with van der Waals surface area (Å²) in [4.78, 5) is 11.0. The van der Waals surface area contributed by atoms with Gasteiger partial charge >= 0.3 is 0 Å². The molecule has 0 fully saturated rings. The quantitative estimate of drug-likeness (QED) is 0.161. The molecule has 338 valence electrons. The van der Waals surface area contributed by atoms with Gasteiger partial charge in [-0.05, 0) is 126 Å². The number of hydrogen-bond donors (Lipinski definition) is 0. The van der Waals surface area contributed by atoms with Gasteiger partial charge in [-0.2, -0.15) is 0 Å². The van der Waals surface area contributed by atoms with Crippen molar-refractivity contribution in [3.05, 3.63) is 254 Å². The molecule has 0 bridgehead atoms. The molecule has 0 saturated carbocycles. The van der Waals surface area contributed by atoms with Crippen molar-refractivity contribution < 1.29 is 0 Å². The Hall–Kier alpha value is -9.64. The van der Waals surface area contributed by atoms with Gasteiger partial charge in [-0.25, -0.2) is 9.97 Å². The third-order valence-corrected chi connectivity index (χ3v) is 15.7. The molecular weight excluding hydrogens is 885 g/mol. The van der Waals surface area contributed by atoms with Crippen LogP contribution in [0.5, 0.6) is 0 Å². The minimum absolute atomic E-state index is 0.653. The SMILES string of the molecule is c1ccc(-c2nc(-n3c4cc(-c5cccc6c5-c5cc(-c7ccc8c(c7)c7c9ccccc9ccc7n8-c7ccccc7)ccc5C6)ccc4c4c5ccccc5c5ccccc5c43)nc3ccccc23)cc1. The highest BCUT2D eigenvalue weighted by Gasteiger charge is 2.26. The molecular formula is C69H42N4. The Morgan fingerprint density at radius 1 is 0.329 bits per heavy atom. The van der Waals surface area contributed by atoms with Gasteiger partial charge in [0.1, 0.15) is 0 Å². The highest BCUT2D eigenvalue weighted by atomic mass is 15.2. The Bertz CT molecular complexity index is 4810. The fourth-order valence-corrected chi connectivity index (χ4v) is 12.5. The van der Waals surface area contributed by atoms with Gasteiger partial charge in [-0.3, -0.25) is 4.57 Å². The molecule has 4 nitrogen and oxygen atoms in total. The first-order chi connectivity index (χ1) is 36.2. The smallest absolute Gasteiger partial charge is 0.235 e. The topological polar surface area (TPSA) is 35.6 Å². The van der Waals surface area contributed by atoms with Crippen LogP contribution in [0.1, 0.15) is 11.1 Å². The summed E-state index contributed by atoms with van der Waals surface area (Å²) in [5.41, 5.74) is 18.7. The normalized spacial score (nSPS) is 12.3. The number of hydrogen-bond acceptors (Lipinski definition) is 2. The highest BCUT2D eigenvalue weighted by molar-refractivity contribution is 6.32. The molecule has 3 heterocycles. The predicted octanol–water partition coefficient (Wildman–Crippen LogP) is 17.9. The molecule has 0 amide bonds. The van der Waals surface area contributed by atoms with Crippen molar-refractivity contribution in [2.45, 2.75) is 6.42 Å². The largest absolute Gasteiger partial charge is 0.309 e. The summed E-state index contributed by atoms with van der Waals surface area (Å²) in [5.74, 6) is 0.653. The highest BCUT2D eigenvalue weighted by Crippen LogP contribution is 2.48. The number of benzene rings is 12. The van der Waals surface area contributed by atoms with E-state index in [-0.39, 0.29) is 0 Å². The second kappa shape index (κ2) is 15.4. The van der Waals surface area contributed by atoms with Gasteiger partial charge in [-0.1, -0.05) is 194 Å². The first-order valence-electron chi connectivity index (χ1n) is 25.2. The van der Waals surface area contributed by atoms with Crippen molar-refractivity contribution in [3.63, 3.8) is 0 Å². The molecule has 16 rings (SSSR count). The molecule has 12 aromatic carbocycles. The zero-order valence-electron chi connectivity index (χ0n) is 39.6. The summed E-state index contributed by atoms with van der Waals surface area (Å²) in [6, 6.07) is 88.8. The van der Waals surface area contributed by atoms with E-state index in [0.29, 0.717) is 5.95 Å². The maximum absolute atomic E-state index is 5.55. The Morgan fingerprint density at radius 3 is 1.85 bits per heavy atom. The lowest BCUT2D eigenvalue weighted by atomic mass is 9.91. The molecule has 0 spiro atoms. The second-order valence-corrected chi connectivity index (χ2v) is 19.6. The van der Waals surface area contributed by atoms with Gasteiger partial charge in [-0.15, -0.1) is 0 Å². The average molecular weight is 927 g/mol. The van der Waals surface area contributed by atoms with Gasteiger partial charge in [0.05, 0.1) is 33.3 Å². The predicted molar refractivity (Wildman–Crippen MR) is 305 cm³/mol. The Balaban J connectivity index is 0.917. The molecule has 73 heavy (non-hydrogen) atoms. The molecule has 1 aliphatic carbocycles. The van der Waals surface area contributed by atoms with Gasteiger partial charge in [0.15, 0.2) is 0 Å². The van der Waals surface area contributed by atoms with E-state index in [9.17, 15) is 0 Å². The van der Waals surface area contributed by atoms with E-state index in [0.717, 1.165) is 50.9 Å². The van der Waals surface area contributed by atoms with Crippen LogP contribution in [0, 0.1) is 0 Å². The Kier molecular flexibility index (Phi) is 8.48. The maximum atomic E-state index is 5.55. The van der Waals surface area contributed by atoms with Gasteiger partial charge in [0.25, 0.3) is 0 Å².